The fraction of sp³-hybridized carbons (Fsp3) is 0.176. The van der Waals surface area contributed by atoms with Gasteiger partial charge in [-0.15, -0.1) is 0 Å². The van der Waals surface area contributed by atoms with Crippen LogP contribution < -0.4 is 14.8 Å². The predicted octanol–water partition coefficient (Wildman–Crippen LogP) is 2.99. The van der Waals surface area contributed by atoms with Crippen molar-refractivity contribution in [1.29, 1.82) is 0 Å². The molecule has 1 aromatic carbocycles. The Hall–Kier alpha value is -3.22. The standard InChI is InChI=1S/C17H17N5O2/c1-18-16-15-13(5-4-8-19-15)21-17(22-16)20-10-11-6-7-12(23-2)9-14(11)24-3/h4-9H,1,10H2,2-3H3,(H,20,21,22). The molecule has 122 valence electrons. The van der Waals surface area contributed by atoms with Gasteiger partial charge in [0.1, 0.15) is 17.0 Å². The molecule has 0 aliphatic carbocycles. The maximum Gasteiger partial charge on any atom is 0.225 e. The molecule has 0 amide bonds. The fourth-order valence-electron chi connectivity index (χ4n) is 2.31. The van der Waals surface area contributed by atoms with Gasteiger partial charge in [-0.2, -0.15) is 4.98 Å². The molecule has 0 saturated heterocycles. The largest absolute Gasteiger partial charge is 0.497 e. The third-order valence-electron chi connectivity index (χ3n) is 3.52. The van der Waals surface area contributed by atoms with Crippen LogP contribution in [0.3, 0.4) is 0 Å². The molecule has 24 heavy (non-hydrogen) atoms. The molecule has 3 rings (SSSR count). The van der Waals surface area contributed by atoms with Crippen LogP contribution in [0, 0.1) is 0 Å². The lowest BCUT2D eigenvalue weighted by Crippen LogP contribution is -2.05. The molecule has 2 aromatic heterocycles. The zero-order chi connectivity index (χ0) is 16.9. The van der Waals surface area contributed by atoms with E-state index < -0.39 is 0 Å². The monoisotopic (exact) mass is 323 g/mol. The molecule has 0 unspecified atom stereocenters. The van der Waals surface area contributed by atoms with Crippen molar-refractivity contribution in [2.45, 2.75) is 6.54 Å². The van der Waals surface area contributed by atoms with Gasteiger partial charge in [0.05, 0.1) is 19.7 Å². The van der Waals surface area contributed by atoms with Gasteiger partial charge in [-0.1, -0.05) is 0 Å². The predicted molar refractivity (Wildman–Crippen MR) is 93.4 cm³/mol. The molecular formula is C17H17N5O2. The molecule has 0 fully saturated rings. The van der Waals surface area contributed by atoms with Crippen molar-refractivity contribution in [2.24, 2.45) is 4.99 Å². The van der Waals surface area contributed by atoms with E-state index in [-0.39, 0.29) is 0 Å². The van der Waals surface area contributed by atoms with Crippen molar-refractivity contribution in [2.75, 3.05) is 19.5 Å². The Balaban J connectivity index is 1.87. The van der Waals surface area contributed by atoms with E-state index in [0.717, 1.165) is 17.1 Å². The van der Waals surface area contributed by atoms with Crippen LogP contribution >= 0.6 is 0 Å². The Morgan fingerprint density at radius 3 is 2.79 bits per heavy atom. The molecule has 0 atom stereocenters. The van der Waals surface area contributed by atoms with Gasteiger partial charge < -0.3 is 14.8 Å². The van der Waals surface area contributed by atoms with Gasteiger partial charge in [0.2, 0.25) is 5.95 Å². The second-order valence-electron chi connectivity index (χ2n) is 4.93. The number of nitrogens with zero attached hydrogens (tertiary/aromatic N) is 4. The normalized spacial score (nSPS) is 10.4. The summed E-state index contributed by atoms with van der Waals surface area (Å²) < 4.78 is 10.6. The zero-order valence-electron chi connectivity index (χ0n) is 13.5. The number of hydrogen-bond acceptors (Lipinski definition) is 7. The van der Waals surface area contributed by atoms with E-state index in [4.69, 9.17) is 9.47 Å². The van der Waals surface area contributed by atoms with Gasteiger partial charge in [0.15, 0.2) is 5.82 Å². The number of hydrogen-bond donors (Lipinski definition) is 1. The van der Waals surface area contributed by atoms with Crippen molar-refractivity contribution in [3.05, 3.63) is 42.1 Å². The number of pyridine rings is 1. The lowest BCUT2D eigenvalue weighted by Gasteiger charge is -2.12. The first-order valence-corrected chi connectivity index (χ1v) is 7.29. The van der Waals surface area contributed by atoms with E-state index in [0.29, 0.717) is 29.3 Å². The van der Waals surface area contributed by atoms with Crippen LogP contribution in [-0.2, 0) is 6.54 Å². The first kappa shape index (κ1) is 15.7. The number of anilines is 1. The third kappa shape index (κ3) is 3.10. The van der Waals surface area contributed by atoms with E-state index in [1.165, 1.54) is 0 Å². The molecule has 1 N–H and O–H groups in total. The van der Waals surface area contributed by atoms with Crippen LogP contribution in [0.25, 0.3) is 11.0 Å². The van der Waals surface area contributed by atoms with Crippen LogP contribution in [0.15, 0.2) is 41.5 Å². The number of fused-ring (bicyclic) bond motifs is 1. The van der Waals surface area contributed by atoms with Crippen LogP contribution in [0.1, 0.15) is 5.56 Å². The van der Waals surface area contributed by atoms with Crippen LogP contribution in [0.4, 0.5) is 11.8 Å². The topological polar surface area (TPSA) is 81.5 Å². The van der Waals surface area contributed by atoms with Gasteiger partial charge >= 0.3 is 0 Å². The molecule has 2 heterocycles. The summed E-state index contributed by atoms with van der Waals surface area (Å²) >= 11 is 0. The van der Waals surface area contributed by atoms with E-state index >= 15 is 0 Å². The van der Waals surface area contributed by atoms with E-state index in [1.807, 2.05) is 30.3 Å². The van der Waals surface area contributed by atoms with Gasteiger partial charge in [0.25, 0.3) is 0 Å². The Morgan fingerprint density at radius 1 is 1.17 bits per heavy atom. The highest BCUT2D eigenvalue weighted by Crippen LogP contribution is 2.26. The summed E-state index contributed by atoms with van der Waals surface area (Å²) in [4.78, 5) is 17.0. The van der Waals surface area contributed by atoms with Gasteiger partial charge in [-0.25, -0.2) is 9.98 Å². The SMILES string of the molecule is C=Nc1nc(NCc2ccc(OC)cc2OC)nc2cccnc12. The molecule has 0 radical (unpaired) electrons. The van der Waals surface area contributed by atoms with E-state index in [1.54, 1.807) is 20.4 Å². The fourth-order valence-corrected chi connectivity index (χ4v) is 2.31. The highest BCUT2D eigenvalue weighted by molar-refractivity contribution is 5.85. The summed E-state index contributed by atoms with van der Waals surface area (Å²) in [6, 6.07) is 9.32. The molecule has 7 heteroatoms. The summed E-state index contributed by atoms with van der Waals surface area (Å²) in [5.41, 5.74) is 2.29. The average molecular weight is 323 g/mol. The minimum atomic E-state index is 0.449. The zero-order valence-corrected chi connectivity index (χ0v) is 13.5. The average Bonchev–Trinajstić information content (AvgIpc) is 2.65. The lowest BCUT2D eigenvalue weighted by molar-refractivity contribution is 0.391. The first-order chi connectivity index (χ1) is 11.7. The second kappa shape index (κ2) is 6.91. The Labute approximate surface area is 139 Å². The van der Waals surface area contributed by atoms with Gasteiger partial charge in [0, 0.05) is 24.4 Å². The summed E-state index contributed by atoms with van der Waals surface area (Å²) in [5, 5.41) is 3.18. The molecule has 0 saturated carbocycles. The van der Waals surface area contributed by atoms with Crippen LogP contribution in [0.5, 0.6) is 11.5 Å². The lowest BCUT2D eigenvalue weighted by atomic mass is 10.2. The van der Waals surface area contributed by atoms with E-state index in [2.05, 4.69) is 32.0 Å². The molecule has 0 spiro atoms. The van der Waals surface area contributed by atoms with Crippen molar-refractivity contribution in [3.8, 4) is 11.5 Å². The highest BCUT2D eigenvalue weighted by atomic mass is 16.5. The Bertz CT molecular complexity index is 882. The Kier molecular flexibility index (Phi) is 4.51. The molecular weight excluding hydrogens is 306 g/mol. The molecule has 7 nitrogen and oxygen atoms in total. The summed E-state index contributed by atoms with van der Waals surface area (Å²) in [6.45, 7) is 4.04. The van der Waals surface area contributed by atoms with E-state index in [9.17, 15) is 0 Å². The number of benzene rings is 1. The molecule has 0 bridgehead atoms. The molecule has 0 aliphatic rings. The van der Waals surface area contributed by atoms with Crippen LogP contribution in [0.2, 0.25) is 0 Å². The Morgan fingerprint density at radius 2 is 2.04 bits per heavy atom. The number of rotatable bonds is 6. The minimum Gasteiger partial charge on any atom is -0.497 e. The third-order valence-corrected chi connectivity index (χ3v) is 3.52. The smallest absolute Gasteiger partial charge is 0.225 e. The quantitative estimate of drug-likeness (QED) is 0.702. The van der Waals surface area contributed by atoms with Crippen molar-refractivity contribution >= 4 is 29.5 Å². The summed E-state index contributed by atoms with van der Waals surface area (Å²) in [5.74, 6) is 2.37. The summed E-state index contributed by atoms with van der Waals surface area (Å²) in [6.07, 6.45) is 1.68. The minimum absolute atomic E-state index is 0.449. The highest BCUT2D eigenvalue weighted by Gasteiger charge is 2.09. The number of aliphatic imine (C=N–C) groups is 1. The second-order valence-corrected chi connectivity index (χ2v) is 4.93. The van der Waals surface area contributed by atoms with Crippen molar-refractivity contribution in [3.63, 3.8) is 0 Å². The number of nitrogens with one attached hydrogen (secondary N) is 1. The van der Waals surface area contributed by atoms with Crippen LogP contribution in [-0.4, -0.2) is 35.9 Å². The first-order valence-electron chi connectivity index (χ1n) is 7.29. The number of methoxy groups -OCH3 is 2. The number of aromatic nitrogens is 3. The van der Waals surface area contributed by atoms with Gasteiger partial charge in [-0.05, 0) is 31.0 Å². The van der Waals surface area contributed by atoms with Gasteiger partial charge in [-0.3, -0.25) is 4.98 Å². The number of ether oxygens (including phenoxy) is 2. The summed E-state index contributed by atoms with van der Waals surface area (Å²) in [7, 11) is 3.24. The van der Waals surface area contributed by atoms with Crippen molar-refractivity contribution in [1.82, 2.24) is 15.0 Å². The maximum atomic E-state index is 5.39. The maximum absolute atomic E-state index is 5.39. The van der Waals surface area contributed by atoms with Crippen molar-refractivity contribution < 1.29 is 9.47 Å². The molecule has 0 aliphatic heterocycles. The molecule has 3 aromatic rings.